The number of nitrogens with one attached hydrogen (secondary N) is 2. The molecule has 0 radical (unpaired) electrons. The lowest BCUT2D eigenvalue weighted by atomic mass is 9.84. The summed E-state index contributed by atoms with van der Waals surface area (Å²) in [6, 6.07) is 5.58. The Balaban J connectivity index is 2.08. The van der Waals surface area contributed by atoms with Gasteiger partial charge in [-0.1, -0.05) is 38.8 Å². The fourth-order valence-electron chi connectivity index (χ4n) is 3.49. The number of carbonyl (C=O) groups excluding carboxylic acids is 1. The highest BCUT2D eigenvalue weighted by Gasteiger charge is 2.29. The van der Waals surface area contributed by atoms with Crippen LogP contribution in [-0.2, 0) is 22.4 Å². The van der Waals surface area contributed by atoms with E-state index in [-0.39, 0.29) is 29.7 Å². The van der Waals surface area contributed by atoms with Crippen molar-refractivity contribution < 1.29 is 24.6 Å². The van der Waals surface area contributed by atoms with E-state index in [0.717, 1.165) is 18.4 Å². The Labute approximate surface area is 175 Å². The van der Waals surface area contributed by atoms with E-state index in [1.54, 1.807) is 30.5 Å². The summed E-state index contributed by atoms with van der Waals surface area (Å²) >= 11 is 0. The monoisotopic (exact) mass is 415 g/mol. The van der Waals surface area contributed by atoms with Crippen LogP contribution in [0.5, 0.6) is 0 Å². The normalized spacial score (nSPS) is 13.9. The number of amides is 1. The number of imidazole rings is 1. The smallest absolute Gasteiger partial charge is 0.335 e. The van der Waals surface area contributed by atoms with Gasteiger partial charge in [-0.15, -0.1) is 0 Å². The largest absolute Gasteiger partial charge is 0.480 e. The fourth-order valence-corrected chi connectivity index (χ4v) is 3.49. The van der Waals surface area contributed by atoms with Crippen LogP contribution in [-0.4, -0.2) is 44.1 Å². The summed E-state index contributed by atoms with van der Waals surface area (Å²) in [4.78, 5) is 42.4. The molecule has 0 saturated carbocycles. The van der Waals surface area contributed by atoms with Crippen LogP contribution < -0.4 is 5.32 Å². The van der Waals surface area contributed by atoms with Gasteiger partial charge in [-0.2, -0.15) is 0 Å². The predicted octanol–water partition coefficient (Wildman–Crippen LogP) is 2.91. The molecule has 2 rings (SSSR count). The molecule has 0 spiro atoms. The molecule has 1 heterocycles. The van der Waals surface area contributed by atoms with E-state index in [9.17, 15) is 19.5 Å². The maximum absolute atomic E-state index is 13.0. The summed E-state index contributed by atoms with van der Waals surface area (Å²) < 4.78 is 0. The summed E-state index contributed by atoms with van der Waals surface area (Å²) in [5, 5.41) is 21.2. The number of hydrogen-bond acceptors (Lipinski definition) is 4. The minimum absolute atomic E-state index is 0.0335. The van der Waals surface area contributed by atoms with Crippen molar-refractivity contribution in [2.45, 2.75) is 52.0 Å². The van der Waals surface area contributed by atoms with Gasteiger partial charge in [0, 0.05) is 24.2 Å². The number of aromatic carboxylic acids is 1. The number of benzene rings is 1. The predicted molar refractivity (Wildman–Crippen MR) is 111 cm³/mol. The number of nitrogens with zero attached hydrogens (tertiary/aromatic N) is 1. The summed E-state index contributed by atoms with van der Waals surface area (Å²) in [5.41, 5.74) is 1.79. The van der Waals surface area contributed by atoms with Gasteiger partial charge in [-0.05, 0) is 36.5 Å². The van der Waals surface area contributed by atoms with Crippen LogP contribution in [0, 0.1) is 11.8 Å². The lowest BCUT2D eigenvalue weighted by Gasteiger charge is -2.25. The Kier molecular flexibility index (Phi) is 8.58. The first-order chi connectivity index (χ1) is 14.3. The molecule has 0 fully saturated rings. The fraction of sp³-hybridized carbons (Fsp3) is 0.455. The summed E-state index contributed by atoms with van der Waals surface area (Å²) in [6.45, 7) is 4.01. The molecular weight excluding hydrogens is 386 g/mol. The van der Waals surface area contributed by atoms with Gasteiger partial charge in [0.15, 0.2) is 0 Å². The van der Waals surface area contributed by atoms with Gasteiger partial charge in [0.25, 0.3) is 0 Å². The molecule has 0 bridgehead atoms. The topological polar surface area (TPSA) is 132 Å². The van der Waals surface area contributed by atoms with Crippen molar-refractivity contribution in [1.29, 1.82) is 0 Å². The zero-order valence-corrected chi connectivity index (χ0v) is 17.3. The van der Waals surface area contributed by atoms with Crippen LogP contribution in [0.2, 0.25) is 0 Å². The summed E-state index contributed by atoms with van der Waals surface area (Å²) in [7, 11) is 0. The van der Waals surface area contributed by atoms with E-state index in [1.807, 2.05) is 13.8 Å². The number of carbonyl (C=O) groups is 3. The Morgan fingerprint density at radius 1 is 1.13 bits per heavy atom. The van der Waals surface area contributed by atoms with Crippen molar-refractivity contribution in [3.63, 3.8) is 0 Å². The molecule has 3 atom stereocenters. The summed E-state index contributed by atoms with van der Waals surface area (Å²) in [6.07, 6.45) is 6.19. The molecule has 1 aromatic carbocycles. The lowest BCUT2D eigenvalue weighted by Crippen LogP contribution is -2.46. The molecule has 4 N–H and O–H groups in total. The Hall–Kier alpha value is -3.16. The number of H-pyrrole nitrogens is 1. The quantitative estimate of drug-likeness (QED) is 0.421. The number of aromatic amines is 1. The summed E-state index contributed by atoms with van der Waals surface area (Å²) in [5.74, 6) is -2.72. The average molecular weight is 415 g/mol. The van der Waals surface area contributed by atoms with Crippen LogP contribution in [0.25, 0.3) is 0 Å². The highest BCUT2D eigenvalue weighted by atomic mass is 16.4. The average Bonchev–Trinajstić information content (AvgIpc) is 3.21. The Bertz CT molecular complexity index is 833. The Morgan fingerprint density at radius 2 is 1.83 bits per heavy atom. The van der Waals surface area contributed by atoms with E-state index in [1.165, 1.54) is 6.33 Å². The van der Waals surface area contributed by atoms with Gasteiger partial charge >= 0.3 is 11.9 Å². The van der Waals surface area contributed by atoms with Crippen LogP contribution in [0.1, 0.15) is 54.7 Å². The number of rotatable bonds is 12. The molecule has 0 saturated heterocycles. The molecule has 0 aliphatic rings. The molecule has 3 unspecified atom stereocenters. The van der Waals surface area contributed by atoms with Gasteiger partial charge in [-0.25, -0.2) is 14.6 Å². The van der Waals surface area contributed by atoms with E-state index in [2.05, 4.69) is 15.3 Å². The minimum atomic E-state index is -1.09. The zero-order valence-electron chi connectivity index (χ0n) is 17.3. The maximum Gasteiger partial charge on any atom is 0.335 e. The third-order valence-electron chi connectivity index (χ3n) is 5.24. The number of hydrogen-bond donors (Lipinski definition) is 4. The van der Waals surface area contributed by atoms with Crippen LogP contribution in [0.15, 0.2) is 36.8 Å². The maximum atomic E-state index is 13.0. The highest BCUT2D eigenvalue weighted by Crippen LogP contribution is 2.24. The molecule has 30 heavy (non-hydrogen) atoms. The molecule has 1 aromatic heterocycles. The van der Waals surface area contributed by atoms with Crippen molar-refractivity contribution in [2.75, 3.05) is 0 Å². The third kappa shape index (κ3) is 6.72. The van der Waals surface area contributed by atoms with E-state index in [4.69, 9.17) is 5.11 Å². The van der Waals surface area contributed by atoms with Crippen molar-refractivity contribution in [3.8, 4) is 0 Å². The molecule has 2 aromatic rings. The van der Waals surface area contributed by atoms with E-state index >= 15 is 0 Å². The van der Waals surface area contributed by atoms with Crippen LogP contribution >= 0.6 is 0 Å². The number of unbranched alkanes of at least 4 members (excludes halogenated alkanes) is 1. The second-order valence-electron chi connectivity index (χ2n) is 7.61. The van der Waals surface area contributed by atoms with Crippen molar-refractivity contribution in [3.05, 3.63) is 53.6 Å². The minimum Gasteiger partial charge on any atom is -0.480 e. The van der Waals surface area contributed by atoms with Crippen molar-refractivity contribution in [1.82, 2.24) is 15.3 Å². The SMILES string of the molecule is CCCCC(C(=O)NC(Cc1cnc[nH]1)C(=O)O)C(C)Cc1ccc(C(=O)O)cc1. The molecular formula is C22H29N3O5. The Morgan fingerprint density at radius 3 is 2.37 bits per heavy atom. The number of carboxylic acids is 2. The second kappa shape index (κ2) is 11.1. The second-order valence-corrected chi connectivity index (χ2v) is 7.61. The molecule has 1 amide bonds. The number of aliphatic carboxylic acids is 1. The zero-order chi connectivity index (χ0) is 22.1. The molecule has 8 heteroatoms. The lowest BCUT2D eigenvalue weighted by molar-refractivity contribution is -0.142. The van der Waals surface area contributed by atoms with Gasteiger partial charge < -0.3 is 20.5 Å². The van der Waals surface area contributed by atoms with Crippen LogP contribution in [0.4, 0.5) is 0 Å². The standard InChI is InChI=1S/C22H29N3O5/c1-3-4-5-18(14(2)10-15-6-8-16(9-7-15)21(27)28)20(26)25-19(22(29)30)11-17-12-23-13-24-17/h6-9,12-14,18-19H,3-5,10-11H2,1-2H3,(H,23,24)(H,25,26)(H,27,28)(H,29,30). The third-order valence-corrected chi connectivity index (χ3v) is 5.24. The number of carboxylic acid groups (broad SMARTS) is 2. The molecule has 8 nitrogen and oxygen atoms in total. The van der Waals surface area contributed by atoms with Gasteiger partial charge in [0.1, 0.15) is 6.04 Å². The number of aromatic nitrogens is 2. The molecule has 162 valence electrons. The van der Waals surface area contributed by atoms with Crippen LogP contribution in [0.3, 0.4) is 0 Å². The highest BCUT2D eigenvalue weighted by molar-refractivity contribution is 5.87. The van der Waals surface area contributed by atoms with E-state index < -0.39 is 18.0 Å². The van der Waals surface area contributed by atoms with Crippen molar-refractivity contribution in [2.24, 2.45) is 11.8 Å². The molecule has 0 aliphatic heterocycles. The van der Waals surface area contributed by atoms with Gasteiger partial charge in [0.05, 0.1) is 11.9 Å². The van der Waals surface area contributed by atoms with Gasteiger partial charge in [-0.3, -0.25) is 4.79 Å². The van der Waals surface area contributed by atoms with Gasteiger partial charge in [0.2, 0.25) is 5.91 Å². The van der Waals surface area contributed by atoms with Crippen molar-refractivity contribution >= 4 is 17.8 Å². The first kappa shape index (κ1) is 23.1. The van der Waals surface area contributed by atoms with E-state index in [0.29, 0.717) is 18.5 Å². The first-order valence-electron chi connectivity index (χ1n) is 10.1. The molecule has 0 aliphatic carbocycles. The first-order valence-corrected chi connectivity index (χ1v) is 10.1.